The minimum Gasteiger partial charge on any atom is -0.365 e. The van der Waals surface area contributed by atoms with E-state index in [2.05, 4.69) is 0 Å². The molecule has 0 radical (unpaired) electrons. The van der Waals surface area contributed by atoms with Crippen LogP contribution in [0.25, 0.3) is 0 Å². The second-order valence-corrected chi connectivity index (χ2v) is 16.0. The number of halogens is 4. The van der Waals surface area contributed by atoms with E-state index in [0.717, 1.165) is 22.7 Å². The molecule has 0 spiro atoms. The molecule has 14 heteroatoms. The van der Waals surface area contributed by atoms with Gasteiger partial charge in [0.25, 0.3) is 11.8 Å². The molecule has 2 aliphatic carbocycles. The second kappa shape index (κ2) is 11.4. The average molecular weight is 659 g/mol. The lowest BCUT2D eigenvalue weighted by Crippen LogP contribution is -2.56. The number of amides is 4. The number of carbonyl (C=O) groups excluding carboxylic acids is 4. The first kappa shape index (κ1) is 33.9. The molecule has 2 aromatic rings. The van der Waals surface area contributed by atoms with E-state index in [1.54, 1.807) is 10.6 Å². The van der Waals surface area contributed by atoms with Crippen LogP contribution in [0.2, 0.25) is 0 Å². The predicted octanol–water partition coefficient (Wildman–Crippen LogP) is 6.16. The van der Waals surface area contributed by atoms with E-state index in [-0.39, 0.29) is 43.8 Å². The summed E-state index contributed by atoms with van der Waals surface area (Å²) in [6, 6.07) is 0. The lowest BCUT2D eigenvalue weighted by molar-refractivity contribution is -0.204. The van der Waals surface area contributed by atoms with Crippen molar-refractivity contribution >= 4 is 56.3 Å². The number of rotatable bonds is 7. The van der Waals surface area contributed by atoms with Gasteiger partial charge in [0.15, 0.2) is 0 Å². The molecule has 8 nitrogen and oxygen atoms in total. The van der Waals surface area contributed by atoms with Gasteiger partial charge in [-0.15, -0.1) is 22.7 Å². The number of hydrogen-bond donors (Lipinski definition) is 4. The van der Waals surface area contributed by atoms with Gasteiger partial charge in [0.1, 0.15) is 10.0 Å². The molecule has 0 aromatic carbocycles. The maximum atomic E-state index is 15.1. The number of carbonyl (C=O) groups is 4. The lowest BCUT2D eigenvalue weighted by atomic mass is 9.72. The van der Waals surface area contributed by atoms with Crippen molar-refractivity contribution in [1.82, 2.24) is 0 Å². The van der Waals surface area contributed by atoms with Crippen LogP contribution < -0.4 is 22.1 Å². The zero-order chi connectivity index (χ0) is 33.2. The van der Waals surface area contributed by atoms with Crippen molar-refractivity contribution in [3.05, 3.63) is 32.0 Å². The van der Waals surface area contributed by atoms with Crippen LogP contribution in [0.5, 0.6) is 0 Å². The number of nitrogens with one attached hydrogen (secondary N) is 2. The number of fused-ring (bicyclic) bond motifs is 2. The van der Waals surface area contributed by atoms with E-state index >= 15 is 17.6 Å². The van der Waals surface area contributed by atoms with Crippen molar-refractivity contribution < 1.29 is 36.7 Å². The number of alkyl halides is 4. The molecular weight excluding hydrogens is 620 g/mol. The zero-order valence-electron chi connectivity index (χ0n) is 25.5. The van der Waals surface area contributed by atoms with E-state index in [1.807, 2.05) is 41.5 Å². The van der Waals surface area contributed by atoms with Gasteiger partial charge < -0.3 is 22.1 Å². The quantitative estimate of drug-likeness (QED) is 0.264. The van der Waals surface area contributed by atoms with Crippen LogP contribution in [-0.2, 0) is 35.3 Å². The molecule has 6 N–H and O–H groups in total. The predicted molar refractivity (Wildman–Crippen MR) is 163 cm³/mol. The SMILES string of the molecule is CC(C)(C)C1CCc2c(sc(NC(=O)C(F)(F)C(F)(F)C(=O)Nc3sc4c(c3C(N)=O)CCC(C(C)(C)C)C4)c2C(N)=O)C1. The normalized spacial score (nSPS) is 19.1. The molecule has 4 rings (SSSR count). The fourth-order valence-corrected chi connectivity index (χ4v) is 8.65. The third kappa shape index (κ3) is 6.11. The molecule has 2 unspecified atom stereocenters. The van der Waals surface area contributed by atoms with Crippen LogP contribution in [0.4, 0.5) is 27.6 Å². The summed E-state index contributed by atoms with van der Waals surface area (Å²) >= 11 is 1.67. The maximum absolute atomic E-state index is 15.1. The molecule has 0 saturated carbocycles. The van der Waals surface area contributed by atoms with Crippen molar-refractivity contribution in [2.24, 2.45) is 34.1 Å². The Hall–Kier alpha value is -3.00. The number of primary amides is 2. The summed E-state index contributed by atoms with van der Waals surface area (Å²) in [5, 5.41) is 2.77. The first-order chi connectivity index (χ1) is 20.1. The first-order valence-electron chi connectivity index (χ1n) is 14.3. The Morgan fingerprint density at radius 1 is 0.659 bits per heavy atom. The van der Waals surface area contributed by atoms with Gasteiger partial charge in [-0.05, 0) is 72.3 Å². The third-order valence-electron chi connectivity index (χ3n) is 8.89. The third-order valence-corrected chi connectivity index (χ3v) is 11.2. The molecule has 242 valence electrons. The van der Waals surface area contributed by atoms with Crippen molar-refractivity contribution in [3.63, 3.8) is 0 Å². The van der Waals surface area contributed by atoms with Gasteiger partial charge in [0.05, 0.1) is 11.1 Å². The standard InChI is InChI=1S/C30H38F4N4O4S2/c1-27(2,3)13-7-9-15-17(11-13)43-23(19(15)21(35)39)37-25(41)29(31,32)30(33,34)26(42)38-24-20(22(36)40)16-10-8-14(28(4,5)6)12-18(16)44-24/h13-14H,7-12H2,1-6H3,(H2,35,39)(H2,36,40)(H,37,41)(H,38,42). The van der Waals surface area contributed by atoms with Gasteiger partial charge in [0.2, 0.25) is 0 Å². The number of anilines is 2. The highest BCUT2D eigenvalue weighted by Gasteiger charge is 2.67. The van der Waals surface area contributed by atoms with Crippen LogP contribution in [-0.4, -0.2) is 35.5 Å². The fraction of sp³-hybridized carbons (Fsp3) is 0.600. The summed E-state index contributed by atoms with van der Waals surface area (Å²) in [7, 11) is 0. The Morgan fingerprint density at radius 2 is 0.977 bits per heavy atom. The zero-order valence-corrected chi connectivity index (χ0v) is 27.1. The molecule has 2 aromatic heterocycles. The topological polar surface area (TPSA) is 144 Å². The molecule has 4 amide bonds. The first-order valence-corrected chi connectivity index (χ1v) is 16.0. The van der Waals surface area contributed by atoms with E-state index in [0.29, 0.717) is 59.4 Å². The Kier molecular flexibility index (Phi) is 8.79. The van der Waals surface area contributed by atoms with Crippen LogP contribution in [0.3, 0.4) is 0 Å². The molecule has 44 heavy (non-hydrogen) atoms. The van der Waals surface area contributed by atoms with Crippen LogP contribution in [0, 0.1) is 22.7 Å². The Bertz CT molecular complexity index is 1410. The highest BCUT2D eigenvalue weighted by molar-refractivity contribution is 7.17. The van der Waals surface area contributed by atoms with E-state index in [1.165, 1.54) is 0 Å². The minimum atomic E-state index is -5.54. The Morgan fingerprint density at radius 3 is 1.25 bits per heavy atom. The highest BCUT2D eigenvalue weighted by atomic mass is 32.1. The van der Waals surface area contributed by atoms with Crippen molar-refractivity contribution in [3.8, 4) is 0 Å². The van der Waals surface area contributed by atoms with Crippen LogP contribution in [0.1, 0.15) is 96.0 Å². The van der Waals surface area contributed by atoms with Crippen molar-refractivity contribution in [2.45, 2.75) is 91.9 Å². The lowest BCUT2D eigenvalue weighted by Gasteiger charge is -2.33. The van der Waals surface area contributed by atoms with Crippen LogP contribution in [0.15, 0.2) is 0 Å². The van der Waals surface area contributed by atoms with Gasteiger partial charge in [-0.2, -0.15) is 17.6 Å². The Balaban J connectivity index is 1.58. The van der Waals surface area contributed by atoms with Crippen LogP contribution >= 0.6 is 22.7 Å². The molecule has 2 aliphatic rings. The molecular formula is C30H38F4N4O4S2. The van der Waals surface area contributed by atoms with Gasteiger partial charge in [0, 0.05) is 9.75 Å². The summed E-state index contributed by atoms with van der Waals surface area (Å²) < 4.78 is 60.5. The van der Waals surface area contributed by atoms with Gasteiger partial charge in [-0.3, -0.25) is 19.2 Å². The fourth-order valence-electron chi connectivity index (χ4n) is 6.00. The highest BCUT2D eigenvalue weighted by Crippen LogP contribution is 2.47. The summed E-state index contributed by atoms with van der Waals surface area (Å²) in [6.07, 6.45) is 3.17. The van der Waals surface area contributed by atoms with Gasteiger partial charge in [-0.1, -0.05) is 41.5 Å². The summed E-state index contributed by atoms with van der Waals surface area (Å²) in [5.41, 5.74) is 11.4. The average Bonchev–Trinajstić information content (AvgIpc) is 3.43. The number of thiophene rings is 2. The molecule has 0 fully saturated rings. The molecule has 0 saturated heterocycles. The summed E-state index contributed by atoms with van der Waals surface area (Å²) in [5.74, 6) is -17.6. The largest absolute Gasteiger partial charge is 0.396 e. The Labute approximate surface area is 261 Å². The maximum Gasteiger partial charge on any atom is 0.396 e. The monoisotopic (exact) mass is 658 g/mol. The number of nitrogens with two attached hydrogens (primary N) is 2. The molecule has 2 atom stereocenters. The molecule has 0 aliphatic heterocycles. The van der Waals surface area contributed by atoms with Gasteiger partial charge in [-0.25, -0.2) is 0 Å². The molecule has 0 bridgehead atoms. The van der Waals surface area contributed by atoms with E-state index < -0.39 is 35.5 Å². The minimum absolute atomic E-state index is 0.0923. The van der Waals surface area contributed by atoms with Gasteiger partial charge >= 0.3 is 23.7 Å². The second-order valence-electron chi connectivity index (χ2n) is 13.8. The van der Waals surface area contributed by atoms with Crippen molar-refractivity contribution in [1.29, 1.82) is 0 Å². The van der Waals surface area contributed by atoms with E-state index in [9.17, 15) is 19.2 Å². The summed E-state index contributed by atoms with van der Waals surface area (Å²) in [4.78, 5) is 51.2. The molecule has 2 heterocycles. The smallest absolute Gasteiger partial charge is 0.365 e. The summed E-state index contributed by atoms with van der Waals surface area (Å²) in [6.45, 7) is 12.3. The van der Waals surface area contributed by atoms with E-state index in [4.69, 9.17) is 11.5 Å². The van der Waals surface area contributed by atoms with Crippen molar-refractivity contribution in [2.75, 3.05) is 10.6 Å². The number of hydrogen-bond acceptors (Lipinski definition) is 6.